The van der Waals surface area contributed by atoms with Crippen molar-refractivity contribution in [3.8, 4) is 11.5 Å². The molecule has 2 aromatic rings. The molecule has 2 aromatic carbocycles. The van der Waals surface area contributed by atoms with Crippen LogP contribution in [0, 0.1) is 6.92 Å². The Morgan fingerprint density at radius 1 is 0.885 bits per heavy atom. The van der Waals surface area contributed by atoms with Gasteiger partial charge in [-0.3, -0.25) is 0 Å². The Hall–Kier alpha value is -2.22. The highest BCUT2D eigenvalue weighted by Gasteiger charge is 2.21. The number of fused-ring (bicyclic) bond motifs is 1. The van der Waals surface area contributed by atoms with E-state index in [1.807, 2.05) is 12.2 Å². The third-order valence-electron chi connectivity index (χ3n) is 4.96. The molecule has 0 saturated carbocycles. The molecule has 0 bridgehead atoms. The van der Waals surface area contributed by atoms with Crippen molar-refractivity contribution in [3.63, 3.8) is 0 Å². The lowest BCUT2D eigenvalue weighted by atomic mass is 9.81. The van der Waals surface area contributed by atoms with Crippen LogP contribution in [0.2, 0.25) is 0 Å². The van der Waals surface area contributed by atoms with E-state index in [1.54, 1.807) is 0 Å². The van der Waals surface area contributed by atoms with Crippen molar-refractivity contribution in [1.29, 1.82) is 0 Å². The van der Waals surface area contributed by atoms with Gasteiger partial charge in [0.15, 0.2) is 0 Å². The Morgan fingerprint density at radius 3 is 1.96 bits per heavy atom. The molecule has 0 aliphatic carbocycles. The molecule has 0 atom stereocenters. The van der Waals surface area contributed by atoms with E-state index in [0.717, 1.165) is 41.5 Å². The Morgan fingerprint density at radius 2 is 1.42 bits per heavy atom. The molecule has 0 heterocycles. The Balaban J connectivity index is 2.61. The summed E-state index contributed by atoms with van der Waals surface area (Å²) >= 11 is 0. The van der Waals surface area contributed by atoms with Crippen LogP contribution >= 0.6 is 0 Å². The molecule has 0 aliphatic heterocycles. The molecule has 2 nitrogen and oxygen atoms in total. The molecule has 0 unspecified atom stereocenters. The van der Waals surface area contributed by atoms with Crippen molar-refractivity contribution in [2.75, 3.05) is 13.2 Å². The minimum Gasteiger partial charge on any atom is -0.493 e. The zero-order chi connectivity index (χ0) is 19.2. The van der Waals surface area contributed by atoms with E-state index >= 15 is 0 Å². The average molecular weight is 353 g/mol. The van der Waals surface area contributed by atoms with Crippen LogP contribution in [0.3, 0.4) is 0 Å². The summed E-state index contributed by atoms with van der Waals surface area (Å²) in [4.78, 5) is 0. The lowest BCUT2D eigenvalue weighted by Gasteiger charge is -2.25. The number of hydrogen-bond acceptors (Lipinski definition) is 2. The fourth-order valence-corrected chi connectivity index (χ4v) is 2.87. The second kappa shape index (κ2) is 8.93. The predicted molar refractivity (Wildman–Crippen MR) is 113 cm³/mol. The highest BCUT2D eigenvalue weighted by atomic mass is 16.5. The maximum Gasteiger partial charge on any atom is 0.127 e. The molecule has 0 amide bonds. The first kappa shape index (κ1) is 20.1. The van der Waals surface area contributed by atoms with Crippen molar-refractivity contribution in [1.82, 2.24) is 0 Å². The van der Waals surface area contributed by atoms with E-state index in [9.17, 15) is 0 Å². The minimum absolute atomic E-state index is 0.0774. The molecule has 0 fully saturated rings. The van der Waals surface area contributed by atoms with Crippen molar-refractivity contribution in [2.24, 2.45) is 0 Å². The molecular weight excluding hydrogens is 320 g/mol. The largest absolute Gasteiger partial charge is 0.493 e. The Labute approximate surface area is 158 Å². The van der Waals surface area contributed by atoms with E-state index in [-0.39, 0.29) is 5.41 Å². The van der Waals surface area contributed by atoms with Gasteiger partial charge in [0.05, 0.1) is 13.2 Å². The third-order valence-corrected chi connectivity index (χ3v) is 4.96. The summed E-state index contributed by atoms with van der Waals surface area (Å²) in [6.07, 6.45) is 6.49. The highest BCUT2D eigenvalue weighted by molar-refractivity contribution is 5.94. The first-order chi connectivity index (χ1) is 12.4. The summed E-state index contributed by atoms with van der Waals surface area (Å²) in [6, 6.07) is 8.76. The van der Waals surface area contributed by atoms with Crippen molar-refractivity contribution in [3.05, 3.63) is 60.7 Å². The van der Waals surface area contributed by atoms with Gasteiger partial charge in [-0.05, 0) is 67.0 Å². The Bertz CT molecular complexity index is 771. The van der Waals surface area contributed by atoms with Crippen LogP contribution in [-0.2, 0) is 5.41 Å². The Kier molecular flexibility index (Phi) is 6.90. The second-order valence-corrected chi connectivity index (χ2v) is 7.42. The fourth-order valence-electron chi connectivity index (χ4n) is 2.87. The smallest absolute Gasteiger partial charge is 0.127 e. The summed E-state index contributed by atoms with van der Waals surface area (Å²) < 4.78 is 12.2. The number of hydrogen-bond donors (Lipinski definition) is 0. The fraction of sp³-hybridized carbons (Fsp3) is 0.417. The normalized spacial score (nSPS) is 11.4. The first-order valence-corrected chi connectivity index (χ1v) is 9.49. The molecular formula is C24H32O2. The van der Waals surface area contributed by atoms with Crippen LogP contribution in [0.4, 0.5) is 0 Å². The first-order valence-electron chi connectivity index (χ1n) is 9.49. The topological polar surface area (TPSA) is 18.5 Å². The maximum atomic E-state index is 6.13. The lowest BCUT2D eigenvalue weighted by Crippen LogP contribution is -2.16. The van der Waals surface area contributed by atoms with Crippen LogP contribution in [-0.4, -0.2) is 13.2 Å². The monoisotopic (exact) mass is 352 g/mol. The van der Waals surface area contributed by atoms with Crippen LogP contribution in [0.5, 0.6) is 11.5 Å². The van der Waals surface area contributed by atoms with Crippen LogP contribution in [0.25, 0.3) is 10.8 Å². The molecule has 0 radical (unpaired) electrons. The maximum absolute atomic E-state index is 6.13. The average Bonchev–Trinajstić information content (AvgIpc) is 2.62. The summed E-state index contributed by atoms with van der Waals surface area (Å²) in [5.74, 6) is 1.85. The van der Waals surface area contributed by atoms with E-state index < -0.39 is 0 Å². The standard InChI is InChI=1S/C24H32O2/c1-7-10-12-25-22-15-18(4)14-20-21(22)16-19(24(5,6)9-3)17-23(20)26-13-11-8-2/h7-8,14-17H,1-2,9-13H2,3-6H3. The molecule has 2 heteroatoms. The van der Waals surface area contributed by atoms with Crippen molar-refractivity contribution in [2.45, 2.75) is 52.4 Å². The van der Waals surface area contributed by atoms with E-state index in [0.29, 0.717) is 13.2 Å². The van der Waals surface area contributed by atoms with Crippen LogP contribution in [0.15, 0.2) is 49.6 Å². The van der Waals surface area contributed by atoms with E-state index in [4.69, 9.17) is 9.47 Å². The second-order valence-electron chi connectivity index (χ2n) is 7.42. The summed E-state index contributed by atoms with van der Waals surface area (Å²) in [5, 5.41) is 2.23. The van der Waals surface area contributed by atoms with Gasteiger partial charge >= 0.3 is 0 Å². The quantitative estimate of drug-likeness (QED) is 0.348. The molecule has 0 N–H and O–H groups in total. The number of benzene rings is 2. The number of ether oxygens (including phenoxy) is 2. The number of aryl methyl sites for hydroxylation is 1. The van der Waals surface area contributed by atoms with Gasteiger partial charge in [0.25, 0.3) is 0 Å². The zero-order valence-electron chi connectivity index (χ0n) is 16.7. The molecule has 26 heavy (non-hydrogen) atoms. The number of rotatable bonds is 10. The summed E-state index contributed by atoms with van der Waals surface area (Å²) in [5.41, 5.74) is 2.52. The van der Waals surface area contributed by atoms with E-state index in [2.05, 4.69) is 65.1 Å². The van der Waals surface area contributed by atoms with Gasteiger partial charge < -0.3 is 9.47 Å². The zero-order valence-corrected chi connectivity index (χ0v) is 16.7. The van der Waals surface area contributed by atoms with Gasteiger partial charge in [0, 0.05) is 10.8 Å². The summed E-state index contributed by atoms with van der Waals surface area (Å²) in [7, 11) is 0. The van der Waals surface area contributed by atoms with Gasteiger partial charge in [0.2, 0.25) is 0 Å². The van der Waals surface area contributed by atoms with Crippen LogP contribution in [0.1, 0.15) is 51.2 Å². The van der Waals surface area contributed by atoms with E-state index in [1.165, 1.54) is 11.1 Å². The summed E-state index contributed by atoms with van der Waals surface area (Å²) in [6.45, 7) is 17.7. The van der Waals surface area contributed by atoms with Gasteiger partial charge in [-0.1, -0.05) is 32.9 Å². The SMILES string of the molecule is C=CCCOc1cc(C(C)(C)CC)cc2c(OCCC=C)cc(C)cc12. The predicted octanol–water partition coefficient (Wildman–Crippen LogP) is 6.75. The molecule has 0 spiro atoms. The van der Waals surface area contributed by atoms with Gasteiger partial charge in [-0.2, -0.15) is 0 Å². The third kappa shape index (κ3) is 4.69. The molecule has 140 valence electrons. The van der Waals surface area contributed by atoms with Gasteiger partial charge in [0.1, 0.15) is 11.5 Å². The highest BCUT2D eigenvalue weighted by Crippen LogP contribution is 2.39. The van der Waals surface area contributed by atoms with Crippen molar-refractivity contribution < 1.29 is 9.47 Å². The van der Waals surface area contributed by atoms with Gasteiger partial charge in [-0.15, -0.1) is 13.2 Å². The van der Waals surface area contributed by atoms with Crippen molar-refractivity contribution >= 4 is 10.8 Å². The minimum atomic E-state index is 0.0774. The van der Waals surface area contributed by atoms with Crippen LogP contribution < -0.4 is 9.47 Å². The van der Waals surface area contributed by atoms with Gasteiger partial charge in [-0.25, -0.2) is 0 Å². The molecule has 0 saturated heterocycles. The lowest BCUT2D eigenvalue weighted by molar-refractivity contribution is 0.324. The molecule has 2 rings (SSSR count). The molecule has 0 aliphatic rings. The molecule has 0 aromatic heterocycles.